The lowest BCUT2D eigenvalue weighted by molar-refractivity contribution is 0.0984. The summed E-state index contributed by atoms with van der Waals surface area (Å²) in [6.45, 7) is 5.29. The highest BCUT2D eigenvalue weighted by molar-refractivity contribution is 6.32. The number of rotatable bonds is 5. The zero-order chi connectivity index (χ0) is 15.4. The minimum atomic E-state index is -0.642. The number of para-hydroxylation sites is 1. The lowest BCUT2D eigenvalue weighted by atomic mass is 10.1. The maximum absolute atomic E-state index is 13.8. The summed E-state index contributed by atoms with van der Waals surface area (Å²) in [5.74, 6) is -1.10. The molecule has 4 nitrogen and oxygen atoms in total. The molecule has 2 aromatic rings. The van der Waals surface area contributed by atoms with Gasteiger partial charge in [-0.2, -0.15) is 0 Å². The van der Waals surface area contributed by atoms with Crippen molar-refractivity contribution in [2.24, 2.45) is 0 Å². The molecule has 0 aliphatic rings. The van der Waals surface area contributed by atoms with Crippen molar-refractivity contribution < 1.29 is 13.9 Å². The van der Waals surface area contributed by atoms with Crippen LogP contribution in [0.2, 0.25) is 5.02 Å². The predicted octanol–water partition coefficient (Wildman–Crippen LogP) is 4.30. The molecule has 0 unspecified atom stereocenters. The van der Waals surface area contributed by atoms with Gasteiger partial charge in [0.1, 0.15) is 11.9 Å². The molecule has 0 fully saturated rings. The van der Waals surface area contributed by atoms with Gasteiger partial charge in [0.2, 0.25) is 5.88 Å². The molecular formula is C15H12ClFN2O2. The minimum Gasteiger partial charge on any atom is -0.433 e. The van der Waals surface area contributed by atoms with Crippen molar-refractivity contribution in [2.45, 2.75) is 13.3 Å². The number of Topliss-reactive ketones (excluding diaryl/α,β-unsaturated/α-hetero) is 1. The summed E-state index contributed by atoms with van der Waals surface area (Å²) in [6, 6.07) is 4.15. The number of carbonyl (C=O) groups excluding carboxylic acids is 1. The Bertz CT molecular complexity index is 684. The van der Waals surface area contributed by atoms with Crippen LogP contribution in [0.3, 0.4) is 0 Å². The van der Waals surface area contributed by atoms with Gasteiger partial charge in [-0.25, -0.2) is 14.4 Å². The molecule has 0 spiro atoms. The summed E-state index contributed by atoms with van der Waals surface area (Å²) in [5.41, 5.74) is 0.494. The number of benzene rings is 1. The number of aromatic nitrogens is 2. The van der Waals surface area contributed by atoms with Crippen molar-refractivity contribution in [3.05, 3.63) is 53.2 Å². The number of ether oxygens (including phenoxy) is 1. The smallest absolute Gasteiger partial charge is 0.234 e. The molecule has 2 rings (SSSR count). The highest BCUT2D eigenvalue weighted by Crippen LogP contribution is 2.33. The topological polar surface area (TPSA) is 52.1 Å². The minimum absolute atomic E-state index is 0.0428. The predicted molar refractivity (Wildman–Crippen MR) is 78.2 cm³/mol. The van der Waals surface area contributed by atoms with Crippen LogP contribution in [0.25, 0.3) is 6.08 Å². The largest absolute Gasteiger partial charge is 0.433 e. The van der Waals surface area contributed by atoms with Crippen LogP contribution in [0.4, 0.5) is 4.39 Å². The Hall–Kier alpha value is -2.27. The highest BCUT2D eigenvalue weighted by atomic mass is 35.5. The van der Waals surface area contributed by atoms with Crippen molar-refractivity contribution >= 4 is 23.5 Å². The van der Waals surface area contributed by atoms with Gasteiger partial charge in [-0.3, -0.25) is 4.79 Å². The quantitative estimate of drug-likeness (QED) is 0.773. The average molecular weight is 307 g/mol. The number of halogens is 2. The van der Waals surface area contributed by atoms with Crippen LogP contribution < -0.4 is 4.74 Å². The molecule has 0 saturated heterocycles. The van der Waals surface area contributed by atoms with Gasteiger partial charge in [0.15, 0.2) is 17.3 Å². The summed E-state index contributed by atoms with van der Waals surface area (Å²) in [7, 11) is 0. The van der Waals surface area contributed by atoms with E-state index in [2.05, 4.69) is 16.5 Å². The number of hydrogen-bond donors (Lipinski definition) is 0. The van der Waals surface area contributed by atoms with Gasteiger partial charge in [-0.1, -0.05) is 31.2 Å². The van der Waals surface area contributed by atoms with Crippen LogP contribution in [-0.4, -0.2) is 15.8 Å². The van der Waals surface area contributed by atoms with Gasteiger partial charge in [0, 0.05) is 6.42 Å². The monoisotopic (exact) mass is 306 g/mol. The van der Waals surface area contributed by atoms with Gasteiger partial charge >= 0.3 is 0 Å². The summed E-state index contributed by atoms with van der Waals surface area (Å²) >= 11 is 5.91. The number of ketones is 1. The van der Waals surface area contributed by atoms with Crippen molar-refractivity contribution in [3.63, 3.8) is 0 Å². The maximum Gasteiger partial charge on any atom is 0.234 e. The van der Waals surface area contributed by atoms with Crippen LogP contribution in [0, 0.1) is 5.82 Å². The molecule has 108 valence electrons. The third kappa shape index (κ3) is 3.08. The molecule has 1 aromatic heterocycles. The Kier molecular flexibility index (Phi) is 4.65. The second-order valence-corrected chi connectivity index (χ2v) is 4.48. The van der Waals surface area contributed by atoms with E-state index in [1.54, 1.807) is 6.92 Å². The molecule has 0 saturated carbocycles. The molecule has 0 aliphatic heterocycles. The Morgan fingerprint density at radius 1 is 1.48 bits per heavy atom. The highest BCUT2D eigenvalue weighted by Gasteiger charge is 2.20. The summed E-state index contributed by atoms with van der Waals surface area (Å²) < 4.78 is 19.2. The van der Waals surface area contributed by atoms with Crippen LogP contribution >= 0.6 is 11.6 Å². The lowest BCUT2D eigenvalue weighted by Crippen LogP contribution is -2.07. The second-order valence-electron chi connectivity index (χ2n) is 4.07. The molecular weight excluding hydrogens is 295 g/mol. The van der Waals surface area contributed by atoms with Gasteiger partial charge in [-0.15, -0.1) is 0 Å². The summed E-state index contributed by atoms with van der Waals surface area (Å²) in [6.07, 6.45) is 2.86. The summed E-state index contributed by atoms with van der Waals surface area (Å²) in [5, 5.41) is 0.0867. The molecule has 0 N–H and O–H groups in total. The van der Waals surface area contributed by atoms with E-state index < -0.39 is 5.82 Å². The number of carbonyl (C=O) groups is 1. The van der Waals surface area contributed by atoms with E-state index >= 15 is 0 Å². The number of hydrogen-bond acceptors (Lipinski definition) is 4. The molecule has 0 amide bonds. The SMILES string of the molecule is C=Cc1ncnc(Oc2c(F)cccc2Cl)c1C(=O)CC. The van der Waals surface area contributed by atoms with E-state index in [0.29, 0.717) is 5.69 Å². The van der Waals surface area contributed by atoms with Gasteiger partial charge in [0.25, 0.3) is 0 Å². The van der Waals surface area contributed by atoms with E-state index in [9.17, 15) is 9.18 Å². The first-order chi connectivity index (χ1) is 10.1. The Balaban J connectivity index is 2.54. The van der Waals surface area contributed by atoms with E-state index in [1.807, 2.05) is 0 Å². The van der Waals surface area contributed by atoms with Crippen molar-refractivity contribution in [1.82, 2.24) is 9.97 Å². The zero-order valence-corrected chi connectivity index (χ0v) is 12.0. The van der Waals surface area contributed by atoms with Crippen LogP contribution in [0.15, 0.2) is 31.1 Å². The fraction of sp³-hybridized carbons (Fsp3) is 0.133. The van der Waals surface area contributed by atoms with Crippen LogP contribution in [0.5, 0.6) is 11.6 Å². The van der Waals surface area contributed by atoms with Crippen LogP contribution in [-0.2, 0) is 0 Å². The molecule has 21 heavy (non-hydrogen) atoms. The van der Waals surface area contributed by atoms with E-state index in [4.69, 9.17) is 16.3 Å². The Morgan fingerprint density at radius 3 is 2.86 bits per heavy atom. The lowest BCUT2D eigenvalue weighted by Gasteiger charge is -2.12. The maximum atomic E-state index is 13.8. The normalized spacial score (nSPS) is 10.2. The van der Waals surface area contributed by atoms with E-state index in [0.717, 1.165) is 0 Å². The Labute approximate surface area is 126 Å². The first kappa shape index (κ1) is 15.1. The van der Waals surface area contributed by atoms with Gasteiger partial charge in [0.05, 0.1) is 10.7 Å². The Morgan fingerprint density at radius 2 is 2.24 bits per heavy atom. The standard InChI is InChI=1S/C15H12ClFN2O2/c1-3-11-13(12(20)4-2)15(19-8-18-11)21-14-9(16)6-5-7-10(14)17/h3,5-8H,1,4H2,2H3. The van der Waals surface area contributed by atoms with Crippen molar-refractivity contribution in [3.8, 4) is 11.6 Å². The van der Waals surface area contributed by atoms with E-state index in [-0.39, 0.29) is 34.4 Å². The first-order valence-corrected chi connectivity index (χ1v) is 6.58. The molecule has 1 aromatic carbocycles. The fourth-order valence-electron chi connectivity index (χ4n) is 1.73. The van der Waals surface area contributed by atoms with Gasteiger partial charge < -0.3 is 4.74 Å². The van der Waals surface area contributed by atoms with E-state index in [1.165, 1.54) is 30.6 Å². The first-order valence-electron chi connectivity index (χ1n) is 6.21. The number of nitrogens with zero attached hydrogens (tertiary/aromatic N) is 2. The molecule has 0 atom stereocenters. The van der Waals surface area contributed by atoms with Crippen molar-refractivity contribution in [2.75, 3.05) is 0 Å². The third-order valence-corrected chi connectivity index (χ3v) is 3.05. The van der Waals surface area contributed by atoms with Crippen molar-refractivity contribution in [1.29, 1.82) is 0 Å². The molecule has 1 heterocycles. The fourth-order valence-corrected chi connectivity index (χ4v) is 1.93. The molecule has 0 radical (unpaired) electrons. The average Bonchev–Trinajstić information content (AvgIpc) is 2.50. The summed E-state index contributed by atoms with van der Waals surface area (Å²) in [4.78, 5) is 19.9. The third-order valence-electron chi connectivity index (χ3n) is 2.75. The van der Waals surface area contributed by atoms with Gasteiger partial charge in [-0.05, 0) is 18.2 Å². The second kappa shape index (κ2) is 6.45. The molecule has 0 aliphatic carbocycles. The molecule has 6 heteroatoms. The van der Waals surface area contributed by atoms with Crippen LogP contribution in [0.1, 0.15) is 29.4 Å². The molecule has 0 bridgehead atoms. The zero-order valence-electron chi connectivity index (χ0n) is 11.3.